The standard InChI is InChI=1S/C43H34S/c1-3-13-29(14-4-1)33-19-11-21-37-38-22-12-20-34(42(38)44-41(33)37)30-25-27-32(28-26-30)43(31-15-5-2-6-16-31)39-23-9-7-17-35(39)36-18-8-10-24-40(36)43/h2,5-12,15-29H,1,3-4,13-14H2. The highest BCUT2D eigenvalue weighted by atomic mass is 32.1. The molecule has 1 heterocycles. The zero-order valence-electron chi connectivity index (χ0n) is 24.8. The molecule has 0 amide bonds. The summed E-state index contributed by atoms with van der Waals surface area (Å²) in [5.74, 6) is 0.703. The van der Waals surface area contributed by atoms with Crippen molar-refractivity contribution in [3.05, 3.63) is 167 Å². The molecule has 44 heavy (non-hydrogen) atoms. The van der Waals surface area contributed by atoms with E-state index in [0.29, 0.717) is 5.92 Å². The number of fused-ring (bicyclic) bond motifs is 6. The van der Waals surface area contributed by atoms with E-state index in [9.17, 15) is 0 Å². The second-order valence-electron chi connectivity index (χ2n) is 12.6. The first kappa shape index (κ1) is 26.0. The van der Waals surface area contributed by atoms with Crippen molar-refractivity contribution in [3.63, 3.8) is 0 Å². The molecule has 7 aromatic rings. The number of rotatable bonds is 4. The first-order chi connectivity index (χ1) is 21.8. The molecule has 1 aromatic heterocycles. The van der Waals surface area contributed by atoms with E-state index in [4.69, 9.17) is 0 Å². The number of hydrogen-bond donors (Lipinski definition) is 0. The predicted molar refractivity (Wildman–Crippen MR) is 188 cm³/mol. The Labute approximate surface area is 263 Å². The Morgan fingerprint density at radius 3 is 1.73 bits per heavy atom. The maximum atomic E-state index is 2.41. The van der Waals surface area contributed by atoms with Crippen LogP contribution in [-0.4, -0.2) is 0 Å². The topological polar surface area (TPSA) is 0 Å². The van der Waals surface area contributed by atoms with Crippen LogP contribution in [0.3, 0.4) is 0 Å². The van der Waals surface area contributed by atoms with Gasteiger partial charge in [-0.05, 0) is 68.8 Å². The third kappa shape index (κ3) is 3.75. The quantitative estimate of drug-likeness (QED) is 0.194. The Morgan fingerprint density at radius 1 is 0.455 bits per heavy atom. The van der Waals surface area contributed by atoms with Gasteiger partial charge in [-0.25, -0.2) is 0 Å². The lowest BCUT2D eigenvalue weighted by molar-refractivity contribution is 0.446. The molecule has 0 radical (unpaired) electrons. The molecule has 0 unspecified atom stereocenters. The molecule has 1 fully saturated rings. The minimum Gasteiger partial charge on any atom is -0.134 e. The highest BCUT2D eigenvalue weighted by molar-refractivity contribution is 7.26. The van der Waals surface area contributed by atoms with Gasteiger partial charge in [-0.2, -0.15) is 0 Å². The first-order valence-electron chi connectivity index (χ1n) is 16.1. The van der Waals surface area contributed by atoms with E-state index in [1.165, 1.54) is 96.8 Å². The highest BCUT2D eigenvalue weighted by Crippen LogP contribution is 2.56. The fourth-order valence-electron chi connectivity index (χ4n) is 8.42. The van der Waals surface area contributed by atoms with Gasteiger partial charge in [-0.15, -0.1) is 11.3 Å². The summed E-state index contributed by atoms with van der Waals surface area (Å²) in [7, 11) is 0. The van der Waals surface area contributed by atoms with Crippen LogP contribution in [0.1, 0.15) is 65.8 Å². The molecular formula is C43H34S. The molecule has 0 atom stereocenters. The average molecular weight is 583 g/mol. The Hall–Kier alpha value is -4.46. The van der Waals surface area contributed by atoms with Crippen molar-refractivity contribution < 1.29 is 0 Å². The van der Waals surface area contributed by atoms with Crippen LogP contribution in [0.25, 0.3) is 42.4 Å². The van der Waals surface area contributed by atoms with Gasteiger partial charge in [0.15, 0.2) is 0 Å². The van der Waals surface area contributed by atoms with Gasteiger partial charge in [-0.1, -0.05) is 159 Å². The first-order valence-corrected chi connectivity index (χ1v) is 17.0. The van der Waals surface area contributed by atoms with Gasteiger partial charge in [0.05, 0.1) is 5.41 Å². The van der Waals surface area contributed by atoms with Crippen LogP contribution < -0.4 is 0 Å². The summed E-state index contributed by atoms with van der Waals surface area (Å²) in [6, 6.07) is 52.5. The van der Waals surface area contributed by atoms with Gasteiger partial charge in [-0.3, -0.25) is 0 Å². The SMILES string of the molecule is c1ccc(C2(c3ccc(-c4cccc5c4sc4c(C6CCCCC6)cccc45)cc3)c3ccccc3-c3ccccc32)cc1. The van der Waals surface area contributed by atoms with Gasteiger partial charge in [0.1, 0.15) is 0 Å². The van der Waals surface area contributed by atoms with Crippen LogP contribution in [0.15, 0.2) is 140 Å². The van der Waals surface area contributed by atoms with Crippen molar-refractivity contribution >= 4 is 31.5 Å². The Balaban J connectivity index is 1.22. The summed E-state index contributed by atoms with van der Waals surface area (Å²) in [5, 5.41) is 2.82. The second kappa shape index (κ2) is 10.3. The summed E-state index contributed by atoms with van der Waals surface area (Å²) in [4.78, 5) is 0. The number of hydrogen-bond acceptors (Lipinski definition) is 1. The Morgan fingerprint density at radius 2 is 1.02 bits per heavy atom. The number of benzene rings is 6. The Kier molecular flexibility index (Phi) is 6.10. The Bertz CT molecular complexity index is 2100. The minimum absolute atomic E-state index is 0.356. The van der Waals surface area contributed by atoms with Crippen LogP contribution in [-0.2, 0) is 5.41 Å². The van der Waals surface area contributed by atoms with E-state index < -0.39 is 0 Å². The molecule has 0 N–H and O–H groups in total. The fraction of sp³-hybridized carbons (Fsp3) is 0.163. The molecule has 0 saturated heterocycles. The third-order valence-corrected chi connectivity index (χ3v) is 11.7. The summed E-state index contributed by atoms with van der Waals surface area (Å²) >= 11 is 2.01. The van der Waals surface area contributed by atoms with E-state index in [0.717, 1.165) is 0 Å². The molecule has 2 aliphatic rings. The molecule has 0 spiro atoms. The minimum atomic E-state index is -0.356. The molecule has 2 aliphatic carbocycles. The molecule has 9 rings (SSSR count). The molecule has 1 heteroatoms. The molecule has 212 valence electrons. The molecule has 0 bridgehead atoms. The van der Waals surface area contributed by atoms with Gasteiger partial charge in [0, 0.05) is 20.2 Å². The summed E-state index contributed by atoms with van der Waals surface area (Å²) in [6.45, 7) is 0. The third-order valence-electron chi connectivity index (χ3n) is 10.4. The maximum Gasteiger partial charge on any atom is 0.0713 e. The van der Waals surface area contributed by atoms with Gasteiger partial charge >= 0.3 is 0 Å². The maximum absolute atomic E-state index is 2.41. The summed E-state index contributed by atoms with van der Waals surface area (Å²) in [6.07, 6.45) is 6.78. The van der Waals surface area contributed by atoms with Gasteiger partial charge < -0.3 is 0 Å². The zero-order chi connectivity index (χ0) is 29.1. The monoisotopic (exact) mass is 582 g/mol. The summed E-state index contributed by atoms with van der Waals surface area (Å²) in [5.41, 5.74) is 11.9. The molecule has 1 saturated carbocycles. The lowest BCUT2D eigenvalue weighted by Crippen LogP contribution is -2.28. The predicted octanol–water partition coefficient (Wildman–Crippen LogP) is 12.1. The largest absolute Gasteiger partial charge is 0.134 e. The zero-order valence-corrected chi connectivity index (χ0v) is 25.6. The molecule has 0 nitrogen and oxygen atoms in total. The molecular weight excluding hydrogens is 549 g/mol. The van der Waals surface area contributed by atoms with Crippen LogP contribution in [0.2, 0.25) is 0 Å². The van der Waals surface area contributed by atoms with Crippen molar-refractivity contribution in [1.82, 2.24) is 0 Å². The highest BCUT2D eigenvalue weighted by Gasteiger charge is 2.45. The van der Waals surface area contributed by atoms with Crippen molar-refractivity contribution in [3.8, 4) is 22.3 Å². The van der Waals surface area contributed by atoms with Crippen molar-refractivity contribution in [2.75, 3.05) is 0 Å². The fourth-order valence-corrected chi connectivity index (χ4v) is 9.84. The molecule has 0 aliphatic heterocycles. The van der Waals surface area contributed by atoms with E-state index in [2.05, 4.69) is 140 Å². The van der Waals surface area contributed by atoms with Gasteiger partial charge in [0.2, 0.25) is 0 Å². The number of thiophene rings is 1. The second-order valence-corrected chi connectivity index (χ2v) is 13.6. The normalized spacial score (nSPS) is 15.8. The van der Waals surface area contributed by atoms with Gasteiger partial charge in [0.25, 0.3) is 0 Å². The van der Waals surface area contributed by atoms with Crippen LogP contribution in [0, 0.1) is 0 Å². The van der Waals surface area contributed by atoms with E-state index in [1.807, 2.05) is 11.3 Å². The molecule has 6 aromatic carbocycles. The average Bonchev–Trinajstić information content (AvgIpc) is 3.64. The van der Waals surface area contributed by atoms with Crippen LogP contribution in [0.4, 0.5) is 0 Å². The summed E-state index contributed by atoms with van der Waals surface area (Å²) < 4.78 is 2.91. The van der Waals surface area contributed by atoms with E-state index >= 15 is 0 Å². The van der Waals surface area contributed by atoms with E-state index in [1.54, 1.807) is 5.56 Å². The van der Waals surface area contributed by atoms with Crippen LogP contribution >= 0.6 is 11.3 Å². The lowest BCUT2D eigenvalue weighted by atomic mass is 9.67. The van der Waals surface area contributed by atoms with Crippen molar-refractivity contribution in [2.24, 2.45) is 0 Å². The van der Waals surface area contributed by atoms with E-state index in [-0.39, 0.29) is 5.41 Å². The van der Waals surface area contributed by atoms with Crippen LogP contribution in [0.5, 0.6) is 0 Å². The van der Waals surface area contributed by atoms with Crippen molar-refractivity contribution in [1.29, 1.82) is 0 Å². The lowest BCUT2D eigenvalue weighted by Gasteiger charge is -2.34. The van der Waals surface area contributed by atoms with Crippen molar-refractivity contribution in [2.45, 2.75) is 43.4 Å². The smallest absolute Gasteiger partial charge is 0.0713 e.